The fourth-order valence-corrected chi connectivity index (χ4v) is 3.37. The van der Waals surface area contributed by atoms with Crippen LogP contribution in [-0.2, 0) is 4.79 Å². The van der Waals surface area contributed by atoms with Gasteiger partial charge in [-0.05, 0) is 48.2 Å². The van der Waals surface area contributed by atoms with E-state index in [2.05, 4.69) is 5.43 Å². The summed E-state index contributed by atoms with van der Waals surface area (Å²) in [5.74, 6) is 0.558. The predicted octanol–water partition coefficient (Wildman–Crippen LogP) is 4.85. The minimum atomic E-state index is -4.55. The van der Waals surface area contributed by atoms with E-state index in [1.165, 1.54) is 6.07 Å². The van der Waals surface area contributed by atoms with Crippen LogP contribution in [0, 0.1) is 11.3 Å². The Kier molecular flexibility index (Phi) is 5.32. The second kappa shape index (κ2) is 7.28. The summed E-state index contributed by atoms with van der Waals surface area (Å²) >= 11 is 0. The summed E-state index contributed by atoms with van der Waals surface area (Å²) in [6, 6.07) is 8.00. The maximum atomic E-state index is 14.0. The molecule has 1 amide bonds. The third kappa shape index (κ3) is 4.09. The van der Waals surface area contributed by atoms with Crippen molar-refractivity contribution in [3.8, 4) is 5.75 Å². The summed E-state index contributed by atoms with van der Waals surface area (Å²) in [5.41, 5.74) is 1.63. The highest BCUT2D eigenvalue weighted by molar-refractivity contribution is 5.88. The molecule has 0 radical (unpaired) electrons. The Hall–Kier alpha value is -2.28. The molecular weight excluding hydrogens is 369 g/mol. The number of alkyl halides is 3. The molecule has 1 aliphatic heterocycles. The van der Waals surface area contributed by atoms with E-state index in [0.717, 1.165) is 5.01 Å². The van der Waals surface area contributed by atoms with E-state index >= 15 is 0 Å². The zero-order valence-corrected chi connectivity index (χ0v) is 16.4. The van der Waals surface area contributed by atoms with Gasteiger partial charge in [0.25, 0.3) is 0 Å². The van der Waals surface area contributed by atoms with Crippen molar-refractivity contribution >= 4 is 16.7 Å². The van der Waals surface area contributed by atoms with Crippen LogP contribution in [-0.4, -0.2) is 30.2 Å². The van der Waals surface area contributed by atoms with E-state index < -0.39 is 23.5 Å². The van der Waals surface area contributed by atoms with Crippen molar-refractivity contribution in [2.45, 2.75) is 39.9 Å². The lowest BCUT2D eigenvalue weighted by atomic mass is 9.93. The topological polar surface area (TPSA) is 41.6 Å². The average molecular weight is 394 g/mol. The molecular formula is C21H25F3N2O2. The minimum absolute atomic E-state index is 0.0258. The first-order chi connectivity index (χ1) is 13.0. The standard InChI is InChI=1S/C21H25F3N2O2/c1-13(2)11-28-15-8-9-16-14(10-15)6-5-7-17(16)18(21(22,23)24)26-12-20(3,4)19(27)25-26/h5-10,13,18H,11-12H2,1-4H3,(H,25,27)/t18-/m0/s1. The SMILES string of the molecule is CC(C)COc1ccc2c([C@H](N3CC(C)(C)C(=O)N3)C(F)(F)F)cccc2c1. The number of nitrogens with one attached hydrogen (secondary N) is 1. The number of hydrogen-bond donors (Lipinski definition) is 1. The van der Waals surface area contributed by atoms with Crippen molar-refractivity contribution in [2.75, 3.05) is 13.2 Å². The molecule has 152 valence electrons. The van der Waals surface area contributed by atoms with Gasteiger partial charge in [-0.15, -0.1) is 0 Å². The van der Waals surface area contributed by atoms with E-state index in [4.69, 9.17) is 4.74 Å². The lowest BCUT2D eigenvalue weighted by Crippen LogP contribution is -2.43. The number of carbonyl (C=O) groups is 1. The number of carbonyl (C=O) groups excluding carboxylic acids is 1. The number of fused-ring (bicyclic) bond motifs is 1. The molecule has 1 atom stereocenters. The van der Waals surface area contributed by atoms with E-state index in [1.807, 2.05) is 13.8 Å². The second-order valence-electron chi connectivity index (χ2n) is 8.33. The average Bonchev–Trinajstić information content (AvgIpc) is 2.84. The number of ether oxygens (including phenoxy) is 1. The van der Waals surface area contributed by atoms with Crippen molar-refractivity contribution in [3.63, 3.8) is 0 Å². The Morgan fingerprint density at radius 1 is 1.21 bits per heavy atom. The fraction of sp³-hybridized carbons (Fsp3) is 0.476. The van der Waals surface area contributed by atoms with Crippen molar-refractivity contribution < 1.29 is 22.7 Å². The number of benzene rings is 2. The summed E-state index contributed by atoms with van der Waals surface area (Å²) < 4.78 is 47.8. The number of hydrazine groups is 1. The zero-order chi connectivity index (χ0) is 20.7. The van der Waals surface area contributed by atoms with Crippen LogP contribution in [0.1, 0.15) is 39.3 Å². The van der Waals surface area contributed by atoms with Crippen molar-refractivity contribution in [2.24, 2.45) is 11.3 Å². The van der Waals surface area contributed by atoms with Gasteiger partial charge in [0.1, 0.15) is 5.75 Å². The van der Waals surface area contributed by atoms with Gasteiger partial charge in [-0.25, -0.2) is 5.01 Å². The van der Waals surface area contributed by atoms with Crippen LogP contribution >= 0.6 is 0 Å². The van der Waals surface area contributed by atoms with E-state index in [9.17, 15) is 18.0 Å². The summed E-state index contributed by atoms with van der Waals surface area (Å²) in [6.07, 6.45) is -4.55. The lowest BCUT2D eigenvalue weighted by Gasteiger charge is -2.30. The summed E-state index contributed by atoms with van der Waals surface area (Å²) in [5, 5.41) is 2.15. The highest BCUT2D eigenvalue weighted by Gasteiger charge is 2.51. The van der Waals surface area contributed by atoms with Gasteiger partial charge < -0.3 is 4.74 Å². The molecule has 3 rings (SSSR count). The summed E-state index contributed by atoms with van der Waals surface area (Å²) in [7, 11) is 0. The van der Waals surface area contributed by atoms with Gasteiger partial charge in [0.2, 0.25) is 5.91 Å². The van der Waals surface area contributed by atoms with Gasteiger partial charge in [0.15, 0.2) is 6.04 Å². The Labute approximate surface area is 162 Å². The molecule has 0 bridgehead atoms. The molecule has 0 aliphatic carbocycles. The van der Waals surface area contributed by atoms with E-state index in [-0.39, 0.29) is 12.1 Å². The highest BCUT2D eigenvalue weighted by atomic mass is 19.4. The Morgan fingerprint density at radius 2 is 1.93 bits per heavy atom. The quantitative estimate of drug-likeness (QED) is 0.788. The number of nitrogens with zero attached hydrogens (tertiary/aromatic N) is 1. The highest BCUT2D eigenvalue weighted by Crippen LogP contribution is 2.43. The summed E-state index contributed by atoms with van der Waals surface area (Å²) in [6.45, 7) is 7.83. The van der Waals surface area contributed by atoms with Crippen LogP contribution in [0.15, 0.2) is 36.4 Å². The summed E-state index contributed by atoms with van der Waals surface area (Å²) in [4.78, 5) is 12.1. The Balaban J connectivity index is 2.02. The van der Waals surface area contributed by atoms with Gasteiger partial charge in [-0.1, -0.05) is 38.1 Å². The van der Waals surface area contributed by atoms with Crippen LogP contribution in [0.25, 0.3) is 10.8 Å². The monoisotopic (exact) mass is 394 g/mol. The van der Waals surface area contributed by atoms with Crippen LogP contribution in [0.4, 0.5) is 13.2 Å². The minimum Gasteiger partial charge on any atom is -0.493 e. The molecule has 4 nitrogen and oxygen atoms in total. The number of amides is 1. The molecule has 0 unspecified atom stereocenters. The third-order valence-corrected chi connectivity index (χ3v) is 4.81. The smallest absolute Gasteiger partial charge is 0.409 e. The Morgan fingerprint density at radius 3 is 2.50 bits per heavy atom. The van der Waals surface area contributed by atoms with Crippen LogP contribution < -0.4 is 10.2 Å². The molecule has 28 heavy (non-hydrogen) atoms. The van der Waals surface area contributed by atoms with Crippen molar-refractivity contribution in [3.05, 3.63) is 42.0 Å². The van der Waals surface area contributed by atoms with Gasteiger partial charge >= 0.3 is 6.18 Å². The molecule has 0 saturated carbocycles. The maximum Gasteiger partial charge on any atom is 0.409 e. The van der Waals surface area contributed by atoms with Gasteiger partial charge in [0, 0.05) is 6.54 Å². The molecule has 7 heteroatoms. The lowest BCUT2D eigenvalue weighted by molar-refractivity contribution is -0.191. The van der Waals surface area contributed by atoms with Crippen LogP contribution in [0.5, 0.6) is 5.75 Å². The molecule has 1 saturated heterocycles. The van der Waals surface area contributed by atoms with Crippen molar-refractivity contribution in [1.82, 2.24) is 10.4 Å². The number of halogens is 3. The molecule has 0 aromatic heterocycles. The molecule has 1 fully saturated rings. The number of hydrogen-bond acceptors (Lipinski definition) is 3. The van der Waals surface area contributed by atoms with E-state index in [1.54, 1.807) is 44.2 Å². The number of rotatable bonds is 5. The molecule has 2 aromatic carbocycles. The third-order valence-electron chi connectivity index (χ3n) is 4.81. The van der Waals surface area contributed by atoms with E-state index in [0.29, 0.717) is 29.0 Å². The Bertz CT molecular complexity index is 878. The fourth-order valence-electron chi connectivity index (χ4n) is 3.37. The zero-order valence-electron chi connectivity index (χ0n) is 16.4. The van der Waals surface area contributed by atoms with Gasteiger partial charge in [0.05, 0.1) is 12.0 Å². The molecule has 0 spiro atoms. The van der Waals surface area contributed by atoms with Gasteiger partial charge in [-0.3, -0.25) is 10.2 Å². The largest absolute Gasteiger partial charge is 0.493 e. The second-order valence-corrected chi connectivity index (χ2v) is 8.33. The molecule has 2 aromatic rings. The first kappa shape index (κ1) is 20.5. The molecule has 1 aliphatic rings. The van der Waals surface area contributed by atoms with Crippen molar-refractivity contribution in [1.29, 1.82) is 0 Å². The molecule has 1 N–H and O–H groups in total. The molecule has 1 heterocycles. The van der Waals surface area contributed by atoms with Crippen LogP contribution in [0.3, 0.4) is 0 Å². The predicted molar refractivity (Wildman–Crippen MR) is 102 cm³/mol. The first-order valence-electron chi connectivity index (χ1n) is 9.29. The van der Waals surface area contributed by atoms with Gasteiger partial charge in [-0.2, -0.15) is 13.2 Å². The maximum absolute atomic E-state index is 14.0. The van der Waals surface area contributed by atoms with Crippen LogP contribution in [0.2, 0.25) is 0 Å². The first-order valence-corrected chi connectivity index (χ1v) is 9.29. The normalized spacial score (nSPS) is 18.5.